The van der Waals surface area contributed by atoms with Gasteiger partial charge in [-0.1, -0.05) is 24.2 Å². The number of para-hydroxylation sites is 1. The van der Waals surface area contributed by atoms with Crippen LogP contribution in [-0.4, -0.2) is 12.5 Å². The molecule has 2 heteroatoms. The van der Waals surface area contributed by atoms with E-state index >= 15 is 0 Å². The van der Waals surface area contributed by atoms with E-state index in [2.05, 4.69) is 6.58 Å². The second-order valence-corrected chi connectivity index (χ2v) is 2.85. The molecule has 1 aromatic carbocycles. The van der Waals surface area contributed by atoms with Crippen LogP contribution in [0.5, 0.6) is 0 Å². The fraction of sp³-hybridized carbons (Fsp3) is 0.308. The first-order valence-corrected chi connectivity index (χ1v) is 4.59. The maximum absolute atomic E-state index is 12.1. The maximum atomic E-state index is 12.1. The third kappa shape index (κ3) is 2.69. The predicted molar refractivity (Wildman–Crippen MR) is 64.0 cm³/mol. The van der Waals surface area contributed by atoms with Crippen LogP contribution in [0.4, 0.5) is 5.69 Å². The minimum absolute atomic E-state index is 0.0585. The first-order chi connectivity index (χ1) is 10.1. The molecule has 0 fully saturated rings. The van der Waals surface area contributed by atoms with Crippen LogP contribution in [0.25, 0.3) is 0 Å². The van der Waals surface area contributed by atoms with Gasteiger partial charge in [0, 0.05) is 22.8 Å². The zero-order chi connectivity index (χ0) is 17.2. The van der Waals surface area contributed by atoms with Gasteiger partial charge in [-0.15, -0.1) is 6.58 Å². The van der Waals surface area contributed by atoms with E-state index in [4.69, 9.17) is 9.60 Å². The summed E-state index contributed by atoms with van der Waals surface area (Å²) < 4.78 is 53.8. The van der Waals surface area contributed by atoms with Gasteiger partial charge < -0.3 is 4.90 Å². The van der Waals surface area contributed by atoms with E-state index in [9.17, 15) is 4.79 Å². The standard InChI is InChI=1S/C13H17NO/c1-4-8-13(15)14(5-2)12-10-7-6-9-11(12)3/h4,6-7,9-10H,1,5,8H2,2-3H3/i3D3,6D,7D,9D,10D. The molecule has 0 atom stereocenters. The quantitative estimate of drug-likeness (QED) is 0.700. The number of hydrogen-bond donors (Lipinski definition) is 0. The average Bonchev–Trinajstić information content (AvgIpc) is 2.41. The van der Waals surface area contributed by atoms with Crippen molar-refractivity contribution >= 4 is 11.6 Å². The highest BCUT2D eigenvalue weighted by molar-refractivity contribution is 5.94. The lowest BCUT2D eigenvalue weighted by molar-refractivity contribution is -0.117. The topological polar surface area (TPSA) is 20.3 Å². The monoisotopic (exact) mass is 210 g/mol. The van der Waals surface area contributed by atoms with Gasteiger partial charge in [0.15, 0.2) is 0 Å². The normalized spacial score (nSPS) is 17.3. The van der Waals surface area contributed by atoms with Gasteiger partial charge in [-0.3, -0.25) is 4.79 Å². The number of hydrogen-bond acceptors (Lipinski definition) is 1. The largest absolute Gasteiger partial charge is 0.312 e. The van der Waals surface area contributed by atoms with Gasteiger partial charge in [0.05, 0.1) is 5.48 Å². The third-order valence-electron chi connectivity index (χ3n) is 1.87. The van der Waals surface area contributed by atoms with Gasteiger partial charge in [-0.05, 0) is 25.4 Å². The molecule has 2 nitrogen and oxygen atoms in total. The number of carbonyl (C=O) groups is 1. The molecule has 0 aromatic heterocycles. The van der Waals surface area contributed by atoms with Crippen molar-refractivity contribution in [1.82, 2.24) is 0 Å². The van der Waals surface area contributed by atoms with Crippen molar-refractivity contribution < 1.29 is 14.4 Å². The fourth-order valence-electron chi connectivity index (χ4n) is 1.20. The summed E-state index contributed by atoms with van der Waals surface area (Å²) in [5.41, 5.74) is -0.835. The fourth-order valence-corrected chi connectivity index (χ4v) is 1.20. The summed E-state index contributed by atoms with van der Waals surface area (Å²) in [5, 5.41) is 0. The van der Waals surface area contributed by atoms with Gasteiger partial charge in [0.2, 0.25) is 5.91 Å². The van der Waals surface area contributed by atoms with Crippen LogP contribution in [0.15, 0.2) is 36.8 Å². The number of carbonyl (C=O) groups excluding carboxylic acids is 1. The molecule has 0 N–H and O–H groups in total. The Morgan fingerprint density at radius 1 is 1.67 bits per heavy atom. The SMILES string of the molecule is [2H]c1c([2H])c([2H])c(C([2H])([2H])[2H])c(N(CC)C(=O)CC=C)c1[2H]. The summed E-state index contributed by atoms with van der Waals surface area (Å²) >= 11 is 0. The molecule has 0 saturated heterocycles. The van der Waals surface area contributed by atoms with Crippen LogP contribution in [0.2, 0.25) is 0 Å². The van der Waals surface area contributed by atoms with E-state index in [1.165, 1.54) is 6.08 Å². The lowest BCUT2D eigenvalue weighted by atomic mass is 10.1. The molecule has 0 spiro atoms. The molecule has 0 unspecified atom stereocenters. The second-order valence-electron chi connectivity index (χ2n) is 2.85. The molecule has 0 radical (unpaired) electrons. The van der Waals surface area contributed by atoms with Crippen LogP contribution in [0.3, 0.4) is 0 Å². The predicted octanol–water partition coefficient (Wildman–Crippen LogP) is 2.92. The Hall–Kier alpha value is -1.57. The van der Waals surface area contributed by atoms with E-state index in [-0.39, 0.29) is 18.7 Å². The van der Waals surface area contributed by atoms with Gasteiger partial charge >= 0.3 is 0 Å². The summed E-state index contributed by atoms with van der Waals surface area (Å²) in [5.74, 6) is -0.479. The van der Waals surface area contributed by atoms with E-state index in [0.717, 1.165) is 4.90 Å². The highest BCUT2D eigenvalue weighted by Gasteiger charge is 2.13. The molecule has 0 aliphatic heterocycles. The van der Waals surface area contributed by atoms with Crippen molar-refractivity contribution in [1.29, 1.82) is 0 Å². The van der Waals surface area contributed by atoms with E-state index in [1.54, 1.807) is 6.92 Å². The Morgan fingerprint density at radius 3 is 3.00 bits per heavy atom. The first kappa shape index (κ1) is 4.97. The minimum atomic E-state index is -2.77. The second kappa shape index (κ2) is 5.35. The van der Waals surface area contributed by atoms with Crippen molar-refractivity contribution in [2.75, 3.05) is 11.4 Å². The molecule has 1 rings (SSSR count). The van der Waals surface area contributed by atoms with Crippen molar-refractivity contribution in [2.24, 2.45) is 0 Å². The Balaban J connectivity index is 3.77. The molecule has 1 aromatic rings. The third-order valence-corrected chi connectivity index (χ3v) is 1.87. The lowest BCUT2D eigenvalue weighted by Crippen LogP contribution is -2.30. The van der Waals surface area contributed by atoms with E-state index < -0.39 is 42.5 Å². The summed E-state index contributed by atoms with van der Waals surface area (Å²) in [6.07, 6.45) is 1.29. The Bertz CT molecular complexity index is 610. The Kier molecular flexibility index (Phi) is 1.77. The molecular weight excluding hydrogens is 186 g/mol. The van der Waals surface area contributed by atoms with Crippen LogP contribution in [0, 0.1) is 6.85 Å². The average molecular weight is 210 g/mol. The highest BCUT2D eigenvalue weighted by Crippen LogP contribution is 2.19. The number of nitrogens with zero attached hydrogens (tertiary/aromatic N) is 1. The van der Waals surface area contributed by atoms with Gasteiger partial charge in [0.1, 0.15) is 0 Å². The van der Waals surface area contributed by atoms with Gasteiger partial charge in [0.25, 0.3) is 0 Å². The first-order valence-electron chi connectivity index (χ1n) is 8.09. The lowest BCUT2D eigenvalue weighted by Gasteiger charge is -2.22. The van der Waals surface area contributed by atoms with Gasteiger partial charge in [-0.2, -0.15) is 0 Å². The molecule has 0 bridgehead atoms. The van der Waals surface area contributed by atoms with Crippen molar-refractivity contribution in [3.63, 3.8) is 0 Å². The van der Waals surface area contributed by atoms with Crippen LogP contribution >= 0.6 is 0 Å². The van der Waals surface area contributed by atoms with Gasteiger partial charge in [-0.25, -0.2) is 0 Å². The zero-order valence-electron chi connectivity index (χ0n) is 15.6. The summed E-state index contributed by atoms with van der Waals surface area (Å²) in [7, 11) is 0. The maximum Gasteiger partial charge on any atom is 0.230 e. The Morgan fingerprint density at radius 2 is 2.40 bits per heavy atom. The summed E-state index contributed by atoms with van der Waals surface area (Å²) in [4.78, 5) is 13.2. The van der Waals surface area contributed by atoms with Crippen LogP contribution in [0.1, 0.15) is 28.5 Å². The molecule has 0 aliphatic carbocycles. The minimum Gasteiger partial charge on any atom is -0.312 e. The van der Waals surface area contributed by atoms with Crippen molar-refractivity contribution in [3.05, 3.63) is 42.4 Å². The number of amides is 1. The van der Waals surface area contributed by atoms with Crippen LogP contribution in [-0.2, 0) is 4.79 Å². The highest BCUT2D eigenvalue weighted by atomic mass is 16.2. The molecule has 1 amide bonds. The molecule has 0 aliphatic rings. The van der Waals surface area contributed by atoms with Crippen molar-refractivity contribution in [3.8, 4) is 0 Å². The Labute approximate surface area is 101 Å². The molecular formula is C13H17NO. The van der Waals surface area contributed by atoms with E-state index in [0.29, 0.717) is 0 Å². The van der Waals surface area contributed by atoms with E-state index in [1.807, 2.05) is 0 Å². The molecule has 0 saturated carbocycles. The molecule has 80 valence electrons. The summed E-state index contributed by atoms with van der Waals surface area (Å²) in [6, 6.07) is -2.39. The number of anilines is 1. The molecule has 0 heterocycles. The molecule has 15 heavy (non-hydrogen) atoms. The zero-order valence-corrected chi connectivity index (χ0v) is 8.55. The van der Waals surface area contributed by atoms with Crippen LogP contribution < -0.4 is 4.90 Å². The number of benzene rings is 1. The van der Waals surface area contributed by atoms with Crippen molar-refractivity contribution in [2.45, 2.75) is 20.2 Å². The smallest absolute Gasteiger partial charge is 0.230 e. The number of rotatable bonds is 4. The summed E-state index contributed by atoms with van der Waals surface area (Å²) in [6.45, 7) is 2.36.